The average molecular weight is 386 g/mol. The lowest BCUT2D eigenvalue weighted by Crippen LogP contribution is -2.41. The van der Waals surface area contributed by atoms with Crippen LogP contribution in [0.25, 0.3) is 0 Å². The van der Waals surface area contributed by atoms with Gasteiger partial charge in [-0.15, -0.1) is 0 Å². The van der Waals surface area contributed by atoms with Gasteiger partial charge < -0.3 is 19.9 Å². The molecule has 1 aromatic carbocycles. The minimum atomic E-state index is -3.72. The summed E-state index contributed by atoms with van der Waals surface area (Å²) in [5.74, 6) is -0.433. The van der Waals surface area contributed by atoms with Crippen LogP contribution in [0.2, 0.25) is 0 Å². The Labute approximate surface area is 154 Å². The maximum atomic E-state index is 13.0. The Morgan fingerprint density at radius 2 is 1.96 bits per heavy atom. The molecule has 2 rings (SSSR count). The summed E-state index contributed by atoms with van der Waals surface area (Å²) in [5, 5.41) is 0. The highest BCUT2D eigenvalue weighted by molar-refractivity contribution is 7.89. The third kappa shape index (κ3) is 4.73. The van der Waals surface area contributed by atoms with Gasteiger partial charge in [0.15, 0.2) is 0 Å². The summed E-state index contributed by atoms with van der Waals surface area (Å²) in [6.45, 7) is 1.92. The van der Waals surface area contributed by atoms with Gasteiger partial charge in [-0.05, 0) is 44.0 Å². The Kier molecular flexibility index (Phi) is 7.39. The lowest BCUT2D eigenvalue weighted by Gasteiger charge is -2.31. The van der Waals surface area contributed by atoms with Gasteiger partial charge in [-0.25, -0.2) is 13.2 Å². The first-order valence-electron chi connectivity index (χ1n) is 8.52. The number of esters is 1. The van der Waals surface area contributed by atoms with Crippen LogP contribution in [0.5, 0.6) is 5.75 Å². The Bertz CT molecular complexity index is 714. The predicted molar refractivity (Wildman–Crippen MR) is 95.7 cm³/mol. The normalized spacial score (nSPS) is 16.4. The molecular formula is C17H26N2O6S. The highest BCUT2D eigenvalue weighted by Gasteiger charge is 2.32. The first-order valence-corrected chi connectivity index (χ1v) is 9.96. The molecule has 8 nitrogen and oxygen atoms in total. The Hall–Kier alpha value is -1.68. The highest BCUT2D eigenvalue weighted by Crippen LogP contribution is 2.30. The van der Waals surface area contributed by atoms with Crippen LogP contribution in [0.4, 0.5) is 0 Å². The van der Waals surface area contributed by atoms with E-state index in [-0.39, 0.29) is 22.3 Å². The monoisotopic (exact) mass is 386 g/mol. The van der Waals surface area contributed by atoms with Crippen molar-refractivity contribution < 1.29 is 27.4 Å². The van der Waals surface area contributed by atoms with E-state index in [2.05, 4.69) is 4.74 Å². The second kappa shape index (κ2) is 9.31. The zero-order chi connectivity index (χ0) is 19.2. The van der Waals surface area contributed by atoms with Gasteiger partial charge in [0.1, 0.15) is 10.6 Å². The van der Waals surface area contributed by atoms with Crippen molar-refractivity contribution in [3.63, 3.8) is 0 Å². The number of nitrogens with zero attached hydrogens (tertiary/aromatic N) is 1. The molecule has 146 valence electrons. The molecular weight excluding hydrogens is 360 g/mol. The summed E-state index contributed by atoms with van der Waals surface area (Å²) in [4.78, 5) is 11.7. The fraction of sp³-hybridized carbons (Fsp3) is 0.588. The molecule has 2 N–H and O–H groups in total. The summed E-state index contributed by atoms with van der Waals surface area (Å²) in [5.41, 5.74) is 5.68. The molecule has 0 bridgehead atoms. The number of benzene rings is 1. The van der Waals surface area contributed by atoms with E-state index in [9.17, 15) is 13.2 Å². The summed E-state index contributed by atoms with van der Waals surface area (Å²) in [6.07, 6.45) is 2.11. The molecule has 0 aromatic heterocycles. The smallest absolute Gasteiger partial charge is 0.337 e. The van der Waals surface area contributed by atoms with Crippen LogP contribution in [0.3, 0.4) is 0 Å². The molecule has 0 unspecified atom stereocenters. The molecule has 0 aliphatic carbocycles. The second-order valence-electron chi connectivity index (χ2n) is 5.97. The minimum absolute atomic E-state index is 0.0372. The van der Waals surface area contributed by atoms with Gasteiger partial charge in [-0.1, -0.05) is 0 Å². The van der Waals surface area contributed by atoms with E-state index in [4.69, 9.17) is 15.2 Å². The maximum Gasteiger partial charge on any atom is 0.337 e. The molecule has 0 atom stereocenters. The maximum absolute atomic E-state index is 13.0. The number of methoxy groups -OCH3 is 2. The summed E-state index contributed by atoms with van der Waals surface area (Å²) in [6, 6.07) is 4.18. The largest absolute Gasteiger partial charge is 0.495 e. The number of piperidine rings is 1. The van der Waals surface area contributed by atoms with Crippen LogP contribution in [0, 0.1) is 0 Å². The first-order chi connectivity index (χ1) is 12.4. The molecule has 26 heavy (non-hydrogen) atoms. The number of sulfonamides is 1. The fourth-order valence-corrected chi connectivity index (χ4v) is 4.44. The molecule has 0 saturated carbocycles. The van der Waals surface area contributed by atoms with Crippen molar-refractivity contribution in [1.29, 1.82) is 0 Å². The zero-order valence-corrected chi connectivity index (χ0v) is 16.0. The first kappa shape index (κ1) is 20.6. The van der Waals surface area contributed by atoms with E-state index < -0.39 is 16.0 Å². The van der Waals surface area contributed by atoms with Gasteiger partial charge >= 0.3 is 5.97 Å². The Balaban J connectivity index is 2.12. The van der Waals surface area contributed by atoms with Crippen LogP contribution in [-0.2, 0) is 19.5 Å². The molecule has 1 aliphatic heterocycles. The molecule has 0 radical (unpaired) electrons. The molecule has 1 aromatic rings. The van der Waals surface area contributed by atoms with Crippen LogP contribution >= 0.6 is 0 Å². The lowest BCUT2D eigenvalue weighted by atomic mass is 10.1. The summed E-state index contributed by atoms with van der Waals surface area (Å²) < 4.78 is 42.9. The molecule has 1 heterocycles. The Morgan fingerprint density at radius 1 is 1.27 bits per heavy atom. The molecule has 1 aliphatic rings. The van der Waals surface area contributed by atoms with E-state index in [1.54, 1.807) is 0 Å². The van der Waals surface area contributed by atoms with Crippen LogP contribution in [-0.4, -0.2) is 65.3 Å². The highest BCUT2D eigenvalue weighted by atomic mass is 32.2. The van der Waals surface area contributed by atoms with Gasteiger partial charge in [0, 0.05) is 19.7 Å². The Morgan fingerprint density at radius 3 is 2.54 bits per heavy atom. The van der Waals surface area contributed by atoms with Gasteiger partial charge in [0.2, 0.25) is 10.0 Å². The third-order valence-corrected chi connectivity index (χ3v) is 6.24. The quantitative estimate of drug-likeness (QED) is 0.524. The molecule has 1 saturated heterocycles. The van der Waals surface area contributed by atoms with Crippen LogP contribution < -0.4 is 10.5 Å². The number of carbonyl (C=O) groups excluding carboxylic acids is 1. The van der Waals surface area contributed by atoms with Crippen molar-refractivity contribution >= 4 is 16.0 Å². The number of hydrogen-bond acceptors (Lipinski definition) is 7. The lowest BCUT2D eigenvalue weighted by molar-refractivity contribution is 0.0208. The third-order valence-electron chi connectivity index (χ3n) is 4.31. The zero-order valence-electron chi connectivity index (χ0n) is 15.1. The summed E-state index contributed by atoms with van der Waals surface area (Å²) in [7, 11) is -1.09. The number of carbonyl (C=O) groups is 1. The predicted octanol–water partition coefficient (Wildman–Crippen LogP) is 1.00. The van der Waals surface area contributed by atoms with E-state index >= 15 is 0 Å². The van der Waals surface area contributed by atoms with Crippen LogP contribution in [0.15, 0.2) is 23.1 Å². The van der Waals surface area contributed by atoms with Crippen molar-refractivity contribution in [1.82, 2.24) is 4.31 Å². The van der Waals surface area contributed by atoms with Gasteiger partial charge in [0.25, 0.3) is 0 Å². The van der Waals surface area contributed by atoms with Gasteiger partial charge in [-0.2, -0.15) is 4.31 Å². The van der Waals surface area contributed by atoms with E-state index in [0.29, 0.717) is 39.1 Å². The average Bonchev–Trinajstić information content (AvgIpc) is 2.67. The fourth-order valence-electron chi connectivity index (χ4n) is 2.84. The molecule has 0 amide bonds. The molecule has 1 fully saturated rings. The van der Waals surface area contributed by atoms with Crippen molar-refractivity contribution in [2.45, 2.75) is 30.3 Å². The van der Waals surface area contributed by atoms with E-state index in [1.165, 1.54) is 36.7 Å². The standard InChI is InChI=1S/C17H26N2O6S/c1-23-15-12-13(17(20)24-2)4-5-16(15)26(21,22)19-9-6-14(7-10-19)25-11-3-8-18/h4-5,12,14H,3,6-11,18H2,1-2H3. The van der Waals surface area contributed by atoms with E-state index in [1.807, 2.05) is 0 Å². The number of ether oxygens (including phenoxy) is 3. The van der Waals surface area contributed by atoms with Gasteiger partial charge in [0.05, 0.1) is 25.9 Å². The van der Waals surface area contributed by atoms with Crippen LogP contribution in [0.1, 0.15) is 29.6 Å². The molecule has 9 heteroatoms. The van der Waals surface area contributed by atoms with Gasteiger partial charge in [-0.3, -0.25) is 0 Å². The van der Waals surface area contributed by atoms with Crippen molar-refractivity contribution in [2.75, 3.05) is 40.5 Å². The van der Waals surface area contributed by atoms with Crippen molar-refractivity contribution in [3.05, 3.63) is 23.8 Å². The second-order valence-corrected chi connectivity index (χ2v) is 7.88. The SMILES string of the molecule is COC(=O)c1ccc(S(=O)(=O)N2CCC(OCCCN)CC2)c(OC)c1. The molecule has 0 spiro atoms. The number of hydrogen-bond donors (Lipinski definition) is 1. The number of nitrogens with two attached hydrogens (primary N) is 1. The topological polar surface area (TPSA) is 108 Å². The van der Waals surface area contributed by atoms with Crippen molar-refractivity contribution in [3.8, 4) is 5.75 Å². The van der Waals surface area contributed by atoms with E-state index in [0.717, 1.165) is 6.42 Å². The minimum Gasteiger partial charge on any atom is -0.495 e. The number of rotatable bonds is 8. The summed E-state index contributed by atoms with van der Waals surface area (Å²) >= 11 is 0. The van der Waals surface area contributed by atoms with Crippen molar-refractivity contribution in [2.24, 2.45) is 5.73 Å².